The Morgan fingerprint density at radius 3 is 1.81 bits per heavy atom. The normalized spacial score (nSPS) is 14.1. The first kappa shape index (κ1) is 38.6. The summed E-state index contributed by atoms with van der Waals surface area (Å²) >= 11 is 0. The van der Waals surface area contributed by atoms with E-state index in [-0.39, 0.29) is 12.8 Å². The molecule has 0 aromatic rings. The van der Waals surface area contributed by atoms with Crippen molar-refractivity contribution in [1.29, 1.82) is 0 Å². The lowest BCUT2D eigenvalue weighted by Crippen LogP contribution is -2.56. The van der Waals surface area contributed by atoms with Gasteiger partial charge in [0.25, 0.3) is 0 Å². The maximum Gasteiger partial charge on any atom is 0.328 e. The van der Waals surface area contributed by atoms with Crippen LogP contribution in [-0.4, -0.2) is 113 Å². The topological polar surface area (TPSA) is 335 Å². The molecule has 0 saturated carbocycles. The van der Waals surface area contributed by atoms with Crippen molar-refractivity contribution in [3.8, 4) is 0 Å². The van der Waals surface area contributed by atoms with E-state index in [1.807, 2.05) is 5.32 Å². The largest absolute Gasteiger partial charge is 0.481 e. The summed E-state index contributed by atoms with van der Waals surface area (Å²) in [5.41, 5.74) is 16.4. The highest BCUT2D eigenvalue weighted by atomic mass is 16.4. The number of rotatable bonds is 22. The van der Waals surface area contributed by atoms with Crippen LogP contribution in [0, 0.1) is 0 Å². The van der Waals surface area contributed by atoms with E-state index in [9.17, 15) is 38.4 Å². The van der Waals surface area contributed by atoms with Gasteiger partial charge in [-0.3, -0.25) is 33.6 Å². The molecule has 0 heterocycles. The molecule has 5 atom stereocenters. The highest BCUT2D eigenvalue weighted by Gasteiger charge is 2.28. The number of aliphatic carboxylic acids is 2. The lowest BCUT2D eigenvalue weighted by molar-refractivity contribution is -0.144. The molecule has 0 aromatic carbocycles. The molecule has 19 nitrogen and oxygen atoms in total. The lowest BCUT2D eigenvalue weighted by atomic mass is 10.1. The van der Waals surface area contributed by atoms with Gasteiger partial charge in [-0.15, -0.1) is 0 Å². The molecule has 0 aliphatic carbocycles. The van der Waals surface area contributed by atoms with Crippen molar-refractivity contribution in [1.82, 2.24) is 26.6 Å². The summed E-state index contributed by atoms with van der Waals surface area (Å²) in [6.07, 6.45) is 0.0693. The van der Waals surface area contributed by atoms with E-state index in [0.717, 1.165) is 0 Å². The van der Waals surface area contributed by atoms with Crippen molar-refractivity contribution in [2.75, 3.05) is 19.7 Å². The van der Waals surface area contributed by atoms with Crippen LogP contribution in [0.3, 0.4) is 0 Å². The van der Waals surface area contributed by atoms with Crippen LogP contribution in [0.1, 0.15) is 51.9 Å². The van der Waals surface area contributed by atoms with Crippen molar-refractivity contribution >= 4 is 47.4 Å². The summed E-state index contributed by atoms with van der Waals surface area (Å²) in [7, 11) is 0. The molecule has 0 aliphatic rings. The first-order valence-corrected chi connectivity index (χ1v) is 13.4. The first-order valence-electron chi connectivity index (χ1n) is 13.4. The quantitative estimate of drug-likeness (QED) is 0.0506. The summed E-state index contributed by atoms with van der Waals surface area (Å²) in [4.78, 5) is 95.7. The molecule has 244 valence electrons. The second kappa shape index (κ2) is 20.5. The van der Waals surface area contributed by atoms with Gasteiger partial charge in [-0.05, 0) is 39.2 Å². The molecule has 0 aliphatic heterocycles. The van der Waals surface area contributed by atoms with Gasteiger partial charge >= 0.3 is 11.9 Å². The van der Waals surface area contributed by atoms with Crippen molar-refractivity contribution in [3.05, 3.63) is 0 Å². The van der Waals surface area contributed by atoms with Gasteiger partial charge in [-0.1, -0.05) is 6.42 Å². The minimum Gasteiger partial charge on any atom is -0.481 e. The SMILES string of the molecule is C[C@H](NC(=O)[C@H](CCC(N)=O)NC(=O)[C@@H](N)CCCCN)C(=O)NCC(=O)N[C@@H](CCC(=O)O)C(=O)N[C@@H](CO)C(=O)O. The molecule has 0 bridgehead atoms. The Bertz CT molecular complexity index is 1010. The molecule has 0 spiro atoms. The maximum absolute atomic E-state index is 12.8. The molecule has 0 radical (unpaired) electrons. The summed E-state index contributed by atoms with van der Waals surface area (Å²) < 4.78 is 0. The number of carbonyl (C=O) groups excluding carboxylic acids is 6. The van der Waals surface area contributed by atoms with Crippen LogP contribution in [-0.2, 0) is 38.4 Å². The number of nitrogens with one attached hydrogen (secondary N) is 5. The Morgan fingerprint density at radius 2 is 1.28 bits per heavy atom. The number of unbranched alkanes of at least 4 members (excludes halogenated alkanes) is 1. The fourth-order valence-electron chi connectivity index (χ4n) is 3.41. The number of hydrogen-bond acceptors (Lipinski definition) is 11. The minimum atomic E-state index is -1.70. The summed E-state index contributed by atoms with van der Waals surface area (Å²) in [5.74, 6) is -8.00. The van der Waals surface area contributed by atoms with Gasteiger partial charge in [0.1, 0.15) is 24.2 Å². The Kier molecular flexibility index (Phi) is 18.4. The predicted molar refractivity (Wildman–Crippen MR) is 147 cm³/mol. The first-order chi connectivity index (χ1) is 20.1. The van der Waals surface area contributed by atoms with Gasteiger partial charge in [0.15, 0.2) is 0 Å². The second-order valence-corrected chi connectivity index (χ2v) is 9.54. The monoisotopic (exact) mass is 618 g/mol. The number of nitrogens with two attached hydrogens (primary N) is 3. The van der Waals surface area contributed by atoms with Crippen LogP contribution in [0.2, 0.25) is 0 Å². The average molecular weight is 619 g/mol. The third kappa shape index (κ3) is 16.6. The molecule has 6 amide bonds. The van der Waals surface area contributed by atoms with E-state index in [1.165, 1.54) is 6.92 Å². The van der Waals surface area contributed by atoms with Gasteiger partial charge < -0.3 is 59.1 Å². The Labute approximate surface area is 247 Å². The van der Waals surface area contributed by atoms with E-state index in [0.29, 0.717) is 25.8 Å². The second-order valence-electron chi connectivity index (χ2n) is 9.54. The molecule has 0 saturated heterocycles. The zero-order valence-corrected chi connectivity index (χ0v) is 23.8. The Balaban J connectivity index is 5.18. The van der Waals surface area contributed by atoms with Gasteiger partial charge in [0.05, 0.1) is 19.2 Å². The van der Waals surface area contributed by atoms with Crippen LogP contribution < -0.4 is 43.8 Å². The Morgan fingerprint density at radius 1 is 0.721 bits per heavy atom. The van der Waals surface area contributed by atoms with Crippen LogP contribution in [0.15, 0.2) is 0 Å². The van der Waals surface area contributed by atoms with Gasteiger partial charge in [0.2, 0.25) is 35.4 Å². The van der Waals surface area contributed by atoms with Gasteiger partial charge in [0, 0.05) is 12.8 Å². The number of carboxylic acid groups (broad SMARTS) is 2. The van der Waals surface area contributed by atoms with Crippen molar-refractivity contribution in [3.63, 3.8) is 0 Å². The van der Waals surface area contributed by atoms with E-state index in [2.05, 4.69) is 21.3 Å². The van der Waals surface area contributed by atoms with E-state index >= 15 is 0 Å². The van der Waals surface area contributed by atoms with Crippen LogP contribution in [0.5, 0.6) is 0 Å². The van der Waals surface area contributed by atoms with Crippen LogP contribution >= 0.6 is 0 Å². The van der Waals surface area contributed by atoms with E-state index in [1.54, 1.807) is 0 Å². The molecule has 14 N–H and O–H groups in total. The molecule has 0 fully saturated rings. The molecule has 0 aromatic heterocycles. The number of aliphatic hydroxyl groups excluding tert-OH is 1. The lowest BCUT2D eigenvalue weighted by Gasteiger charge is -2.23. The summed E-state index contributed by atoms with van der Waals surface area (Å²) in [6, 6.07) is -6.68. The highest BCUT2D eigenvalue weighted by molar-refractivity contribution is 5.95. The number of primary amides is 1. The Hall–Kier alpha value is -4.36. The highest BCUT2D eigenvalue weighted by Crippen LogP contribution is 2.03. The van der Waals surface area contributed by atoms with Gasteiger partial charge in [-0.25, -0.2) is 4.79 Å². The third-order valence-corrected chi connectivity index (χ3v) is 5.89. The number of carbonyl (C=O) groups is 8. The van der Waals surface area contributed by atoms with Crippen LogP contribution in [0.25, 0.3) is 0 Å². The van der Waals surface area contributed by atoms with Crippen molar-refractivity contribution in [2.24, 2.45) is 17.2 Å². The number of hydrogen-bond donors (Lipinski definition) is 11. The summed E-state index contributed by atoms with van der Waals surface area (Å²) in [6.45, 7) is -0.00841. The van der Waals surface area contributed by atoms with Gasteiger partial charge in [-0.2, -0.15) is 0 Å². The molecule has 0 rings (SSSR count). The number of aliphatic hydroxyl groups is 1. The fraction of sp³-hybridized carbons (Fsp3) is 0.667. The molecular weight excluding hydrogens is 576 g/mol. The number of carboxylic acids is 2. The maximum atomic E-state index is 12.8. The standard InChI is InChI=1S/C24H42N8O11/c1-12(29-22(40)15(5-7-17(27)34)31-21(39)13(26)4-2-3-9-25)20(38)28-10-18(35)30-14(6-8-19(36)37)23(41)32-16(11-33)24(42)43/h12-16,33H,2-11,25-26H2,1H3,(H2,27,34)(H,28,38)(H,29,40)(H,30,35)(H,31,39)(H,32,41)(H,36,37)(H,42,43)/t12-,13-,14-,15-,16-/m0/s1. The molecular formula is C24H42N8O11. The third-order valence-electron chi connectivity index (χ3n) is 5.89. The van der Waals surface area contributed by atoms with E-state index in [4.69, 9.17) is 32.5 Å². The van der Waals surface area contributed by atoms with Crippen LogP contribution in [0.4, 0.5) is 0 Å². The number of amides is 6. The minimum absolute atomic E-state index is 0.183. The zero-order chi connectivity index (χ0) is 33.1. The van der Waals surface area contributed by atoms with E-state index < -0.39 is 104 Å². The fourth-order valence-corrected chi connectivity index (χ4v) is 3.41. The van der Waals surface area contributed by atoms with Crippen molar-refractivity contribution < 1.29 is 53.7 Å². The molecule has 43 heavy (non-hydrogen) atoms. The zero-order valence-electron chi connectivity index (χ0n) is 23.8. The average Bonchev–Trinajstić information content (AvgIpc) is 2.93. The summed E-state index contributed by atoms with van der Waals surface area (Å²) in [5, 5.41) is 38.0. The van der Waals surface area contributed by atoms with Crippen molar-refractivity contribution in [2.45, 2.75) is 82.1 Å². The molecule has 0 unspecified atom stereocenters. The molecule has 19 heteroatoms. The smallest absolute Gasteiger partial charge is 0.328 e. The predicted octanol–water partition coefficient (Wildman–Crippen LogP) is -5.27.